The molecule has 0 spiro atoms. The Morgan fingerprint density at radius 1 is 1.00 bits per heavy atom. The van der Waals surface area contributed by atoms with Crippen LogP contribution in [-0.4, -0.2) is 64.2 Å². The smallest absolute Gasteiger partial charge is 0.243 e. The number of carbonyl (C=O) groups is 1. The van der Waals surface area contributed by atoms with Crippen LogP contribution in [0, 0.1) is 0 Å². The molecule has 0 aliphatic heterocycles. The Hall–Kier alpha value is -1.30. The van der Waals surface area contributed by atoms with Gasteiger partial charge < -0.3 is 20.3 Å². The maximum Gasteiger partial charge on any atom is 0.243 e. The second-order valence-electron chi connectivity index (χ2n) is 5.92. The fourth-order valence-electron chi connectivity index (χ4n) is 2.02. The van der Waals surface area contributed by atoms with E-state index in [1.807, 2.05) is 0 Å². The Balaban J connectivity index is 3.96. The minimum atomic E-state index is -0.00577. The third kappa shape index (κ3) is 14.0. The second-order valence-corrected chi connectivity index (χ2v) is 5.92. The zero-order valence-corrected chi connectivity index (χ0v) is 15.5. The zero-order valence-electron chi connectivity index (χ0n) is 15.5. The van der Waals surface area contributed by atoms with Gasteiger partial charge in [-0.25, -0.2) is 4.99 Å². The predicted molar refractivity (Wildman–Crippen MR) is 96.9 cm³/mol. The Morgan fingerprint density at radius 2 is 1.61 bits per heavy atom. The number of carbonyl (C=O) groups excluding carboxylic acids is 1. The predicted octanol–water partition coefficient (Wildman–Crippen LogP) is 2.01. The monoisotopic (exact) mass is 328 g/mol. The van der Waals surface area contributed by atoms with Gasteiger partial charge in [0.2, 0.25) is 5.91 Å². The van der Waals surface area contributed by atoms with Crippen molar-refractivity contribution in [3.8, 4) is 0 Å². The molecular weight excluding hydrogens is 292 g/mol. The van der Waals surface area contributed by atoms with Gasteiger partial charge in [-0.2, -0.15) is 0 Å². The summed E-state index contributed by atoms with van der Waals surface area (Å²) in [6.45, 7) is 4.56. The molecule has 0 rings (SSSR count). The van der Waals surface area contributed by atoms with Gasteiger partial charge in [0.1, 0.15) is 6.54 Å². The number of hydrogen-bond acceptors (Lipinski definition) is 3. The summed E-state index contributed by atoms with van der Waals surface area (Å²) in [5, 5.41) is 6.46. The summed E-state index contributed by atoms with van der Waals surface area (Å²) in [5.41, 5.74) is 0. The van der Waals surface area contributed by atoms with Crippen molar-refractivity contribution >= 4 is 11.9 Å². The summed E-state index contributed by atoms with van der Waals surface area (Å²) < 4.78 is 5.03. The third-order valence-electron chi connectivity index (χ3n) is 3.54. The molecule has 23 heavy (non-hydrogen) atoms. The molecule has 0 unspecified atom stereocenters. The van der Waals surface area contributed by atoms with Crippen molar-refractivity contribution in [2.24, 2.45) is 4.99 Å². The topological polar surface area (TPSA) is 66.0 Å². The number of hydrogen-bond donors (Lipinski definition) is 2. The van der Waals surface area contributed by atoms with Crippen molar-refractivity contribution in [3.63, 3.8) is 0 Å². The molecule has 6 heteroatoms. The van der Waals surface area contributed by atoms with Crippen LogP contribution in [0.1, 0.15) is 51.9 Å². The molecular formula is C17H36N4O2. The molecule has 0 fully saturated rings. The van der Waals surface area contributed by atoms with Gasteiger partial charge in [-0.3, -0.25) is 4.79 Å². The summed E-state index contributed by atoms with van der Waals surface area (Å²) in [7, 11) is 5.14. The van der Waals surface area contributed by atoms with E-state index in [-0.39, 0.29) is 12.5 Å². The number of nitrogens with zero attached hydrogens (tertiary/aromatic N) is 2. The molecule has 0 aromatic heterocycles. The largest absolute Gasteiger partial charge is 0.383 e. The third-order valence-corrected chi connectivity index (χ3v) is 3.54. The van der Waals surface area contributed by atoms with Crippen molar-refractivity contribution in [3.05, 3.63) is 0 Å². The highest BCUT2D eigenvalue weighted by molar-refractivity contribution is 5.84. The molecule has 0 atom stereocenters. The molecule has 0 aliphatic carbocycles. The Bertz CT molecular complexity index is 320. The molecule has 0 aromatic rings. The minimum absolute atomic E-state index is 0.00577. The minimum Gasteiger partial charge on any atom is -0.383 e. The van der Waals surface area contributed by atoms with Gasteiger partial charge in [0.05, 0.1) is 6.61 Å². The average Bonchev–Trinajstić information content (AvgIpc) is 2.54. The van der Waals surface area contributed by atoms with Crippen molar-refractivity contribution in [1.82, 2.24) is 15.5 Å². The van der Waals surface area contributed by atoms with E-state index in [0.717, 1.165) is 13.0 Å². The first-order valence-electron chi connectivity index (χ1n) is 8.83. The van der Waals surface area contributed by atoms with E-state index < -0.39 is 0 Å². The van der Waals surface area contributed by atoms with Gasteiger partial charge in [-0.15, -0.1) is 0 Å². The second kappa shape index (κ2) is 15.6. The highest BCUT2D eigenvalue weighted by atomic mass is 16.5. The molecule has 1 amide bonds. The summed E-state index contributed by atoms with van der Waals surface area (Å²) in [6.07, 6.45) is 8.97. The van der Waals surface area contributed by atoms with E-state index in [1.165, 1.54) is 38.5 Å². The van der Waals surface area contributed by atoms with E-state index >= 15 is 0 Å². The maximum absolute atomic E-state index is 11.6. The highest BCUT2D eigenvalue weighted by Crippen LogP contribution is 2.06. The molecule has 2 N–H and O–H groups in total. The molecule has 0 radical (unpaired) electrons. The van der Waals surface area contributed by atoms with Crippen LogP contribution in [0.2, 0.25) is 0 Å². The Labute approximate surface area is 142 Å². The molecule has 136 valence electrons. The summed E-state index contributed by atoms with van der Waals surface area (Å²) in [6, 6.07) is 0. The number of likely N-dealkylation sites (N-methyl/N-ethyl adjacent to an activating group) is 1. The first-order chi connectivity index (χ1) is 11.1. The molecule has 0 bridgehead atoms. The molecule has 6 nitrogen and oxygen atoms in total. The average molecular weight is 329 g/mol. The number of guanidine groups is 1. The molecule has 0 aromatic carbocycles. The van der Waals surface area contributed by atoms with E-state index in [9.17, 15) is 4.79 Å². The van der Waals surface area contributed by atoms with Gasteiger partial charge in [0.15, 0.2) is 5.96 Å². The van der Waals surface area contributed by atoms with E-state index in [4.69, 9.17) is 4.74 Å². The first kappa shape index (κ1) is 21.7. The zero-order chi connectivity index (χ0) is 17.3. The van der Waals surface area contributed by atoms with Crippen LogP contribution < -0.4 is 10.6 Å². The number of aliphatic imine (C=N–C) groups is 1. The fourth-order valence-corrected chi connectivity index (χ4v) is 2.02. The van der Waals surface area contributed by atoms with E-state index in [1.54, 1.807) is 26.1 Å². The molecule has 0 heterocycles. The number of rotatable bonds is 13. The summed E-state index contributed by atoms with van der Waals surface area (Å²) in [5.74, 6) is 0.678. The van der Waals surface area contributed by atoms with Crippen molar-refractivity contribution in [1.29, 1.82) is 0 Å². The molecule has 0 saturated heterocycles. The van der Waals surface area contributed by atoms with Crippen LogP contribution in [0.25, 0.3) is 0 Å². The molecule has 0 aliphatic rings. The van der Waals surface area contributed by atoms with Crippen molar-refractivity contribution in [2.75, 3.05) is 47.4 Å². The quantitative estimate of drug-likeness (QED) is 0.308. The lowest BCUT2D eigenvalue weighted by Crippen LogP contribution is -2.40. The van der Waals surface area contributed by atoms with Gasteiger partial charge in [0, 0.05) is 34.3 Å². The van der Waals surface area contributed by atoms with Crippen molar-refractivity contribution in [2.45, 2.75) is 51.9 Å². The summed E-state index contributed by atoms with van der Waals surface area (Å²) >= 11 is 0. The lowest BCUT2D eigenvalue weighted by molar-refractivity contribution is -0.127. The van der Waals surface area contributed by atoms with Crippen LogP contribution in [-0.2, 0) is 9.53 Å². The lowest BCUT2D eigenvalue weighted by Gasteiger charge is -2.13. The Kier molecular flexibility index (Phi) is 14.7. The van der Waals surface area contributed by atoms with Gasteiger partial charge >= 0.3 is 0 Å². The number of ether oxygens (including phenoxy) is 1. The Morgan fingerprint density at radius 3 is 2.22 bits per heavy atom. The van der Waals surface area contributed by atoms with Crippen molar-refractivity contribution < 1.29 is 9.53 Å². The van der Waals surface area contributed by atoms with E-state index in [0.29, 0.717) is 19.1 Å². The lowest BCUT2D eigenvalue weighted by atomic mass is 10.1. The maximum atomic E-state index is 11.6. The van der Waals surface area contributed by atoms with E-state index in [2.05, 4.69) is 22.5 Å². The first-order valence-corrected chi connectivity index (χ1v) is 8.83. The van der Waals surface area contributed by atoms with Gasteiger partial charge in [-0.1, -0.05) is 45.4 Å². The standard InChI is InChI=1S/C17H36N4O2/c1-5-6-7-8-9-10-11-12-18-17(19-13-14-23-4)20-15-16(22)21(2)3/h5-15H2,1-4H3,(H2,18,19,20). The number of unbranched alkanes of at least 4 members (excludes halogenated alkanes) is 6. The van der Waals surface area contributed by atoms with Crippen LogP contribution >= 0.6 is 0 Å². The molecule has 0 saturated carbocycles. The van der Waals surface area contributed by atoms with Gasteiger partial charge in [0.25, 0.3) is 0 Å². The van der Waals surface area contributed by atoms with Crippen LogP contribution in [0.5, 0.6) is 0 Å². The fraction of sp³-hybridized carbons (Fsp3) is 0.882. The SMILES string of the molecule is CCCCCCCCCNC(=NCC(=O)N(C)C)NCCOC. The number of methoxy groups -OCH3 is 1. The normalized spacial score (nSPS) is 11.4. The summed E-state index contributed by atoms with van der Waals surface area (Å²) in [4.78, 5) is 17.5. The van der Waals surface area contributed by atoms with Crippen LogP contribution in [0.4, 0.5) is 0 Å². The highest BCUT2D eigenvalue weighted by Gasteiger charge is 2.04. The van der Waals surface area contributed by atoms with Crippen LogP contribution in [0.15, 0.2) is 4.99 Å². The van der Waals surface area contributed by atoms with Gasteiger partial charge in [-0.05, 0) is 6.42 Å². The number of nitrogens with one attached hydrogen (secondary N) is 2. The number of amides is 1. The van der Waals surface area contributed by atoms with Crippen LogP contribution in [0.3, 0.4) is 0 Å².